The Morgan fingerprint density at radius 1 is 1.44 bits per heavy atom. The average Bonchev–Trinajstić information content (AvgIpc) is 2.66. The van der Waals surface area contributed by atoms with E-state index in [4.69, 9.17) is 6.42 Å². The van der Waals surface area contributed by atoms with Crippen LogP contribution in [-0.4, -0.2) is 36.1 Å². The summed E-state index contributed by atoms with van der Waals surface area (Å²) in [4.78, 5) is 2.52. The fraction of sp³-hybridized carbons (Fsp3) is 0.857. The molecule has 1 saturated heterocycles. The highest BCUT2D eigenvalue weighted by Crippen LogP contribution is 2.34. The smallest absolute Gasteiger partial charge is 0.0602 e. The van der Waals surface area contributed by atoms with E-state index in [1.165, 1.54) is 25.7 Å². The molecule has 2 aliphatic rings. The number of hydrogen-bond donors (Lipinski definition) is 1. The van der Waals surface area contributed by atoms with Crippen molar-refractivity contribution in [1.82, 2.24) is 10.2 Å². The van der Waals surface area contributed by atoms with Gasteiger partial charge in [0.15, 0.2) is 0 Å². The van der Waals surface area contributed by atoms with Crippen LogP contribution in [0.1, 0.15) is 39.5 Å². The summed E-state index contributed by atoms with van der Waals surface area (Å²) in [6.45, 7) is 7.66. The molecule has 90 valence electrons. The lowest BCUT2D eigenvalue weighted by Crippen LogP contribution is -2.64. The third-order valence-electron chi connectivity index (χ3n) is 4.29. The Balaban J connectivity index is 2.05. The van der Waals surface area contributed by atoms with Crippen molar-refractivity contribution in [3.63, 3.8) is 0 Å². The Hall–Kier alpha value is -0.520. The molecule has 1 atom stereocenters. The Kier molecular flexibility index (Phi) is 3.56. The first-order chi connectivity index (χ1) is 7.67. The minimum absolute atomic E-state index is 0.391. The lowest BCUT2D eigenvalue weighted by Gasteiger charge is -2.47. The van der Waals surface area contributed by atoms with Crippen LogP contribution < -0.4 is 5.32 Å². The van der Waals surface area contributed by atoms with Gasteiger partial charge >= 0.3 is 0 Å². The summed E-state index contributed by atoms with van der Waals surface area (Å²) in [5, 5.41) is 3.80. The molecule has 0 aromatic rings. The van der Waals surface area contributed by atoms with Crippen molar-refractivity contribution in [3.8, 4) is 12.3 Å². The molecule has 16 heavy (non-hydrogen) atoms. The second kappa shape index (κ2) is 4.77. The van der Waals surface area contributed by atoms with Crippen LogP contribution in [0, 0.1) is 18.3 Å². The maximum atomic E-state index is 5.50. The summed E-state index contributed by atoms with van der Waals surface area (Å²) in [5.41, 5.74) is 0.391. The predicted molar refractivity (Wildman–Crippen MR) is 68.2 cm³/mol. The van der Waals surface area contributed by atoms with Gasteiger partial charge in [-0.3, -0.25) is 4.90 Å². The van der Waals surface area contributed by atoms with Gasteiger partial charge in [0, 0.05) is 24.7 Å². The second-order valence-electron chi connectivity index (χ2n) is 5.79. The van der Waals surface area contributed by atoms with Crippen LogP contribution in [0.25, 0.3) is 0 Å². The van der Waals surface area contributed by atoms with E-state index in [1.54, 1.807) is 0 Å². The fourth-order valence-corrected chi connectivity index (χ4v) is 3.35. The summed E-state index contributed by atoms with van der Waals surface area (Å²) in [5.74, 6) is 3.51. The third-order valence-corrected chi connectivity index (χ3v) is 4.29. The maximum absolute atomic E-state index is 5.50. The molecule has 0 amide bonds. The van der Waals surface area contributed by atoms with Gasteiger partial charge < -0.3 is 5.32 Å². The van der Waals surface area contributed by atoms with Gasteiger partial charge in [0.25, 0.3) is 0 Å². The highest BCUT2D eigenvalue weighted by atomic mass is 15.3. The second-order valence-corrected chi connectivity index (χ2v) is 5.79. The van der Waals surface area contributed by atoms with E-state index in [2.05, 4.69) is 30.0 Å². The Morgan fingerprint density at radius 3 is 2.69 bits per heavy atom. The zero-order chi connectivity index (χ0) is 11.6. The van der Waals surface area contributed by atoms with Gasteiger partial charge in [-0.1, -0.05) is 32.6 Å². The Bertz CT molecular complexity index is 271. The zero-order valence-corrected chi connectivity index (χ0v) is 10.6. The molecule has 0 aromatic carbocycles. The third kappa shape index (κ3) is 2.26. The van der Waals surface area contributed by atoms with Crippen molar-refractivity contribution in [3.05, 3.63) is 0 Å². The summed E-state index contributed by atoms with van der Waals surface area (Å²) in [7, 11) is 0. The molecule has 1 aliphatic carbocycles. The molecule has 2 nitrogen and oxygen atoms in total. The van der Waals surface area contributed by atoms with E-state index in [0.717, 1.165) is 19.6 Å². The Labute approximate surface area is 99.8 Å². The average molecular weight is 220 g/mol. The van der Waals surface area contributed by atoms with Gasteiger partial charge in [0.2, 0.25) is 0 Å². The first-order valence-electron chi connectivity index (χ1n) is 6.59. The van der Waals surface area contributed by atoms with Gasteiger partial charge in [-0.25, -0.2) is 0 Å². The van der Waals surface area contributed by atoms with Crippen molar-refractivity contribution in [2.75, 3.05) is 19.6 Å². The maximum Gasteiger partial charge on any atom is 0.0602 e. The summed E-state index contributed by atoms with van der Waals surface area (Å²) in [6, 6.07) is 0.613. The molecule has 2 heteroatoms. The molecule has 2 rings (SSSR count). The van der Waals surface area contributed by atoms with Crippen molar-refractivity contribution < 1.29 is 0 Å². The molecule has 1 spiro atoms. The molecule has 1 saturated carbocycles. The van der Waals surface area contributed by atoms with E-state index in [0.29, 0.717) is 17.5 Å². The molecular formula is C14H24N2. The van der Waals surface area contributed by atoms with Crippen LogP contribution in [0.15, 0.2) is 0 Å². The molecule has 0 aromatic heterocycles. The molecular weight excluding hydrogens is 196 g/mol. The molecule has 2 fully saturated rings. The van der Waals surface area contributed by atoms with E-state index in [-0.39, 0.29) is 0 Å². The summed E-state index contributed by atoms with van der Waals surface area (Å²) >= 11 is 0. The van der Waals surface area contributed by atoms with Crippen LogP contribution in [0.4, 0.5) is 0 Å². The molecule has 1 N–H and O–H groups in total. The predicted octanol–water partition coefficient (Wildman–Crippen LogP) is 1.86. The van der Waals surface area contributed by atoms with E-state index in [1.807, 2.05) is 0 Å². The van der Waals surface area contributed by atoms with Gasteiger partial charge in [-0.05, 0) is 18.8 Å². The van der Waals surface area contributed by atoms with Crippen molar-refractivity contribution >= 4 is 0 Å². The highest BCUT2D eigenvalue weighted by molar-refractivity contribution is 5.04. The first-order valence-corrected chi connectivity index (χ1v) is 6.59. The van der Waals surface area contributed by atoms with E-state index < -0.39 is 0 Å². The van der Waals surface area contributed by atoms with Gasteiger partial charge in [0.05, 0.1) is 6.54 Å². The van der Waals surface area contributed by atoms with Gasteiger partial charge in [-0.15, -0.1) is 6.42 Å². The van der Waals surface area contributed by atoms with Crippen LogP contribution in [-0.2, 0) is 0 Å². The highest BCUT2D eigenvalue weighted by Gasteiger charge is 2.41. The minimum Gasteiger partial charge on any atom is -0.308 e. The topological polar surface area (TPSA) is 15.3 Å². The lowest BCUT2D eigenvalue weighted by atomic mass is 9.89. The van der Waals surface area contributed by atoms with E-state index in [9.17, 15) is 0 Å². The lowest BCUT2D eigenvalue weighted by molar-refractivity contribution is 0.0690. The largest absolute Gasteiger partial charge is 0.308 e. The molecule has 0 radical (unpaired) electrons. The fourth-order valence-electron chi connectivity index (χ4n) is 3.35. The zero-order valence-electron chi connectivity index (χ0n) is 10.6. The van der Waals surface area contributed by atoms with Crippen molar-refractivity contribution in [2.24, 2.45) is 5.92 Å². The molecule has 1 heterocycles. The van der Waals surface area contributed by atoms with Crippen molar-refractivity contribution in [1.29, 1.82) is 0 Å². The van der Waals surface area contributed by atoms with Crippen LogP contribution in [0.3, 0.4) is 0 Å². The normalized spacial score (nSPS) is 29.8. The van der Waals surface area contributed by atoms with Gasteiger partial charge in [0.1, 0.15) is 0 Å². The minimum atomic E-state index is 0.391. The number of piperazine rings is 1. The Morgan fingerprint density at radius 2 is 2.12 bits per heavy atom. The van der Waals surface area contributed by atoms with Crippen LogP contribution >= 0.6 is 0 Å². The number of nitrogens with zero attached hydrogens (tertiary/aromatic N) is 1. The summed E-state index contributed by atoms with van der Waals surface area (Å²) in [6.07, 6.45) is 10.9. The van der Waals surface area contributed by atoms with Crippen LogP contribution in [0.5, 0.6) is 0 Å². The van der Waals surface area contributed by atoms with Crippen LogP contribution in [0.2, 0.25) is 0 Å². The molecule has 0 bridgehead atoms. The number of rotatable bonds is 2. The van der Waals surface area contributed by atoms with Gasteiger partial charge in [-0.2, -0.15) is 0 Å². The standard InChI is InChI=1S/C14H24N2/c1-4-9-16-11-14(7-5-6-8-14)15-10-13(16)12(2)3/h1,12-13,15H,5-11H2,2-3H3. The summed E-state index contributed by atoms with van der Waals surface area (Å²) < 4.78 is 0. The molecule has 1 aliphatic heterocycles. The van der Waals surface area contributed by atoms with E-state index >= 15 is 0 Å². The number of hydrogen-bond acceptors (Lipinski definition) is 2. The first kappa shape index (κ1) is 12.0. The van der Waals surface area contributed by atoms with Crippen molar-refractivity contribution in [2.45, 2.75) is 51.1 Å². The number of terminal acetylenes is 1. The molecule has 1 unspecified atom stereocenters. The monoisotopic (exact) mass is 220 g/mol. The SMILES string of the molecule is C#CCN1CC2(CCCC2)NCC1C(C)C. The quantitative estimate of drug-likeness (QED) is 0.715. The number of nitrogens with one attached hydrogen (secondary N) is 1.